The number of allylic oxidation sites excluding steroid dienone is 2. The maximum absolute atomic E-state index is 10.3. The maximum atomic E-state index is 10.3. The summed E-state index contributed by atoms with van der Waals surface area (Å²) in [5.41, 5.74) is 0. The van der Waals surface area contributed by atoms with Crippen LogP contribution < -0.4 is 0 Å². The number of aliphatic carboxylic acids is 1. The summed E-state index contributed by atoms with van der Waals surface area (Å²) in [5, 5.41) is 8.51. The number of unbranched alkanes of at least 4 members (excludes halogenated alkanes) is 12. The second-order valence-electron chi connectivity index (χ2n) is 6.08. The molecule has 0 unspecified atom stereocenters. The topological polar surface area (TPSA) is 37.3 Å². The third-order valence-corrected chi connectivity index (χ3v) is 3.90. The predicted octanol–water partition coefficient (Wildman–Crippen LogP) is 6.50. The van der Waals surface area contributed by atoms with Gasteiger partial charge in [-0.15, -0.1) is 0 Å². The molecule has 0 spiro atoms. The third-order valence-electron chi connectivity index (χ3n) is 3.90. The second-order valence-corrected chi connectivity index (χ2v) is 6.08. The molecule has 0 saturated heterocycles. The summed E-state index contributed by atoms with van der Waals surface area (Å²) in [6.45, 7) is 2.27. The van der Waals surface area contributed by atoms with E-state index in [1.807, 2.05) is 0 Å². The minimum Gasteiger partial charge on any atom is -0.481 e. The molecule has 0 atom stereocenters. The van der Waals surface area contributed by atoms with E-state index in [2.05, 4.69) is 19.1 Å². The summed E-state index contributed by atoms with van der Waals surface area (Å²) >= 11 is 0. The van der Waals surface area contributed by atoms with Crippen molar-refractivity contribution in [3.63, 3.8) is 0 Å². The normalized spacial score (nSPS) is 11.3. The fourth-order valence-electron chi connectivity index (χ4n) is 2.52. The molecule has 0 aromatic carbocycles. The standard InChI is InChI=1S/C19H36O2/c1-2-3-4-5-6-7-8-9-10-11-12-13-14-15-16-17-18-19(20)21/h13-14H,2-12,15-18H2,1H3,(H,20,21). The molecule has 0 fully saturated rings. The molecular formula is C19H36O2. The van der Waals surface area contributed by atoms with Gasteiger partial charge < -0.3 is 5.11 Å². The van der Waals surface area contributed by atoms with Gasteiger partial charge in [0.1, 0.15) is 0 Å². The van der Waals surface area contributed by atoms with Crippen molar-refractivity contribution < 1.29 is 9.90 Å². The average Bonchev–Trinajstić information content (AvgIpc) is 2.46. The van der Waals surface area contributed by atoms with E-state index in [4.69, 9.17) is 5.11 Å². The van der Waals surface area contributed by atoms with Gasteiger partial charge in [-0.25, -0.2) is 0 Å². The Kier molecular flexibility index (Phi) is 16.6. The van der Waals surface area contributed by atoms with E-state index in [0.717, 1.165) is 19.3 Å². The van der Waals surface area contributed by atoms with E-state index in [1.165, 1.54) is 70.6 Å². The van der Waals surface area contributed by atoms with E-state index in [9.17, 15) is 4.79 Å². The molecule has 124 valence electrons. The van der Waals surface area contributed by atoms with Gasteiger partial charge in [-0.2, -0.15) is 0 Å². The average molecular weight is 296 g/mol. The SMILES string of the molecule is CCCCCCCCCCCCC=CCCCCC(=O)O. The lowest BCUT2D eigenvalue weighted by Crippen LogP contribution is -1.92. The van der Waals surface area contributed by atoms with Crippen LogP contribution in [0, 0.1) is 0 Å². The molecule has 0 saturated carbocycles. The lowest BCUT2D eigenvalue weighted by Gasteiger charge is -2.01. The van der Waals surface area contributed by atoms with Crippen LogP contribution >= 0.6 is 0 Å². The second kappa shape index (κ2) is 17.3. The fraction of sp³-hybridized carbons (Fsp3) is 0.842. The van der Waals surface area contributed by atoms with Gasteiger partial charge in [-0.05, 0) is 32.1 Å². The van der Waals surface area contributed by atoms with Crippen LogP contribution in [-0.2, 0) is 4.79 Å². The summed E-state index contributed by atoms with van der Waals surface area (Å²) < 4.78 is 0. The molecule has 1 N–H and O–H groups in total. The molecule has 0 heterocycles. The van der Waals surface area contributed by atoms with Crippen LogP contribution in [0.5, 0.6) is 0 Å². The van der Waals surface area contributed by atoms with Crippen molar-refractivity contribution in [3.05, 3.63) is 12.2 Å². The first-order valence-electron chi connectivity index (χ1n) is 9.14. The third kappa shape index (κ3) is 19.2. The van der Waals surface area contributed by atoms with Crippen LogP contribution in [0.4, 0.5) is 0 Å². The lowest BCUT2D eigenvalue weighted by atomic mass is 10.1. The van der Waals surface area contributed by atoms with Gasteiger partial charge in [-0.1, -0.05) is 76.9 Å². The molecule has 0 aromatic rings. The predicted molar refractivity (Wildman–Crippen MR) is 91.7 cm³/mol. The Hall–Kier alpha value is -0.790. The van der Waals surface area contributed by atoms with Crippen molar-refractivity contribution in [2.45, 2.75) is 103 Å². The van der Waals surface area contributed by atoms with Crippen molar-refractivity contribution in [2.75, 3.05) is 0 Å². The van der Waals surface area contributed by atoms with E-state index >= 15 is 0 Å². The van der Waals surface area contributed by atoms with Crippen molar-refractivity contribution in [2.24, 2.45) is 0 Å². The summed E-state index contributed by atoms with van der Waals surface area (Å²) in [6.07, 6.45) is 22.7. The number of rotatable bonds is 16. The molecule has 0 amide bonds. The minimum atomic E-state index is -0.677. The zero-order valence-corrected chi connectivity index (χ0v) is 14.1. The number of carboxylic acids is 1. The Morgan fingerprint density at radius 1 is 0.714 bits per heavy atom. The molecule has 0 aliphatic heterocycles. The monoisotopic (exact) mass is 296 g/mol. The van der Waals surface area contributed by atoms with Gasteiger partial charge >= 0.3 is 5.97 Å². The first-order valence-corrected chi connectivity index (χ1v) is 9.14. The van der Waals surface area contributed by atoms with E-state index in [1.54, 1.807) is 0 Å². The summed E-state index contributed by atoms with van der Waals surface area (Å²) in [6, 6.07) is 0. The molecule has 2 heteroatoms. The van der Waals surface area contributed by atoms with Gasteiger partial charge in [-0.3, -0.25) is 4.79 Å². The van der Waals surface area contributed by atoms with Gasteiger partial charge in [0, 0.05) is 6.42 Å². The Balaban J connectivity index is 3.06. The highest BCUT2D eigenvalue weighted by Crippen LogP contribution is 2.11. The number of hydrogen-bond donors (Lipinski definition) is 1. The molecule has 0 rings (SSSR count). The Morgan fingerprint density at radius 3 is 1.62 bits per heavy atom. The highest BCUT2D eigenvalue weighted by atomic mass is 16.4. The maximum Gasteiger partial charge on any atom is 0.303 e. The van der Waals surface area contributed by atoms with Gasteiger partial charge in [0.25, 0.3) is 0 Å². The molecule has 2 nitrogen and oxygen atoms in total. The molecule has 0 radical (unpaired) electrons. The summed E-state index contributed by atoms with van der Waals surface area (Å²) in [5.74, 6) is -0.677. The zero-order valence-electron chi connectivity index (χ0n) is 14.1. The Morgan fingerprint density at radius 2 is 1.14 bits per heavy atom. The quantitative estimate of drug-likeness (QED) is 0.261. The zero-order chi connectivity index (χ0) is 15.6. The van der Waals surface area contributed by atoms with Crippen LogP contribution in [0.2, 0.25) is 0 Å². The number of carboxylic acid groups (broad SMARTS) is 1. The fourth-order valence-corrected chi connectivity index (χ4v) is 2.52. The first kappa shape index (κ1) is 20.2. The van der Waals surface area contributed by atoms with Crippen LogP contribution in [0.3, 0.4) is 0 Å². The van der Waals surface area contributed by atoms with Gasteiger partial charge in [0.2, 0.25) is 0 Å². The molecule has 0 aromatic heterocycles. The Labute approximate surface area is 132 Å². The number of hydrogen-bond acceptors (Lipinski definition) is 1. The minimum absolute atomic E-state index is 0.312. The smallest absolute Gasteiger partial charge is 0.303 e. The lowest BCUT2D eigenvalue weighted by molar-refractivity contribution is -0.137. The largest absolute Gasteiger partial charge is 0.481 e. The van der Waals surface area contributed by atoms with Crippen LogP contribution in [0.15, 0.2) is 12.2 Å². The van der Waals surface area contributed by atoms with Crippen molar-refractivity contribution in [1.82, 2.24) is 0 Å². The van der Waals surface area contributed by atoms with Crippen LogP contribution in [-0.4, -0.2) is 11.1 Å². The van der Waals surface area contributed by atoms with Gasteiger partial charge in [0.05, 0.1) is 0 Å². The molecule has 0 bridgehead atoms. The molecule has 0 aliphatic rings. The van der Waals surface area contributed by atoms with Gasteiger partial charge in [0.15, 0.2) is 0 Å². The highest BCUT2D eigenvalue weighted by Gasteiger charge is 1.94. The summed E-state index contributed by atoms with van der Waals surface area (Å²) in [7, 11) is 0. The summed E-state index contributed by atoms with van der Waals surface area (Å²) in [4.78, 5) is 10.3. The van der Waals surface area contributed by atoms with Crippen molar-refractivity contribution in [3.8, 4) is 0 Å². The van der Waals surface area contributed by atoms with Crippen molar-refractivity contribution >= 4 is 5.97 Å². The van der Waals surface area contributed by atoms with Crippen LogP contribution in [0.25, 0.3) is 0 Å². The number of carbonyl (C=O) groups is 1. The molecular weight excluding hydrogens is 260 g/mol. The molecule has 21 heavy (non-hydrogen) atoms. The Bertz CT molecular complexity index is 246. The van der Waals surface area contributed by atoms with E-state index < -0.39 is 5.97 Å². The first-order chi connectivity index (χ1) is 10.3. The van der Waals surface area contributed by atoms with Crippen molar-refractivity contribution in [1.29, 1.82) is 0 Å². The highest BCUT2D eigenvalue weighted by molar-refractivity contribution is 5.66. The molecule has 0 aliphatic carbocycles. The van der Waals surface area contributed by atoms with Crippen LogP contribution in [0.1, 0.15) is 103 Å². The van der Waals surface area contributed by atoms with E-state index in [0.29, 0.717) is 6.42 Å². The van der Waals surface area contributed by atoms with E-state index in [-0.39, 0.29) is 0 Å².